The molecule has 5 heteroatoms. The Morgan fingerprint density at radius 3 is 2.42 bits per heavy atom. The predicted octanol–water partition coefficient (Wildman–Crippen LogP) is 2.89. The first kappa shape index (κ1) is 16.3. The van der Waals surface area contributed by atoms with Crippen LogP contribution in [0.5, 0.6) is 0 Å². The summed E-state index contributed by atoms with van der Waals surface area (Å²) >= 11 is 5.92. The molecule has 3 nitrogen and oxygen atoms in total. The van der Waals surface area contributed by atoms with Crippen molar-refractivity contribution < 1.29 is 4.79 Å². The van der Waals surface area contributed by atoms with Crippen LogP contribution in [0.2, 0.25) is 5.02 Å². The molecule has 1 aromatic carbocycles. The monoisotopic (exact) mass is 302 g/mol. The Kier molecular flexibility index (Phi) is 5.65. The maximum absolute atomic E-state index is 12.5. The molecule has 1 fully saturated rings. The van der Waals surface area contributed by atoms with Crippen molar-refractivity contribution in [3.8, 4) is 0 Å². The Bertz CT molecular complexity index is 455. The van der Waals surface area contributed by atoms with Gasteiger partial charge in [0.05, 0.1) is 0 Å². The first-order valence-electron chi connectivity index (χ1n) is 6.29. The average Bonchev–Trinajstić information content (AvgIpc) is 2.26. The van der Waals surface area contributed by atoms with Gasteiger partial charge in [0.1, 0.15) is 0 Å². The molecule has 1 aliphatic rings. The molecular weight excluding hydrogens is 283 g/mol. The maximum atomic E-state index is 12.5. The summed E-state index contributed by atoms with van der Waals surface area (Å²) in [7, 11) is 0. The molecule has 106 valence electrons. The van der Waals surface area contributed by atoms with Crippen molar-refractivity contribution in [2.45, 2.75) is 32.9 Å². The Labute approximate surface area is 125 Å². The van der Waals surface area contributed by atoms with Gasteiger partial charge in [0.2, 0.25) is 0 Å². The molecular formula is C14H20Cl2N2O. The largest absolute Gasteiger partial charge is 0.336 e. The second kappa shape index (κ2) is 6.60. The lowest BCUT2D eigenvalue weighted by Crippen LogP contribution is -2.55. The third-order valence-electron chi connectivity index (χ3n) is 3.26. The maximum Gasteiger partial charge on any atom is 0.254 e. The minimum Gasteiger partial charge on any atom is -0.336 e. The Morgan fingerprint density at radius 1 is 1.32 bits per heavy atom. The molecule has 0 aliphatic carbocycles. The average molecular weight is 303 g/mol. The van der Waals surface area contributed by atoms with Crippen molar-refractivity contribution in [1.29, 1.82) is 0 Å². The summed E-state index contributed by atoms with van der Waals surface area (Å²) in [6.45, 7) is 7.64. The first-order valence-corrected chi connectivity index (χ1v) is 6.66. The SMILES string of the molecule is Cc1cc(Cl)ccc1C(=O)N1CC(C)NC(C)C1.Cl. The number of aryl methyl sites for hydroxylation is 1. The van der Waals surface area contributed by atoms with E-state index >= 15 is 0 Å². The lowest BCUT2D eigenvalue weighted by atomic mass is 10.1. The highest BCUT2D eigenvalue weighted by atomic mass is 35.5. The summed E-state index contributed by atoms with van der Waals surface area (Å²) in [5.74, 6) is 0.101. The molecule has 1 aliphatic heterocycles. The van der Waals surface area contributed by atoms with E-state index in [0.29, 0.717) is 17.1 Å². The van der Waals surface area contributed by atoms with E-state index in [1.165, 1.54) is 0 Å². The van der Waals surface area contributed by atoms with Gasteiger partial charge in [-0.1, -0.05) is 11.6 Å². The molecule has 0 saturated carbocycles. The van der Waals surface area contributed by atoms with Gasteiger partial charge in [-0.15, -0.1) is 12.4 Å². The highest BCUT2D eigenvalue weighted by Gasteiger charge is 2.26. The molecule has 0 aromatic heterocycles. The number of rotatable bonds is 1. The first-order chi connectivity index (χ1) is 8.47. The zero-order chi connectivity index (χ0) is 13.3. The van der Waals surface area contributed by atoms with Crippen LogP contribution < -0.4 is 5.32 Å². The van der Waals surface area contributed by atoms with Crippen molar-refractivity contribution in [3.63, 3.8) is 0 Å². The topological polar surface area (TPSA) is 32.3 Å². The fourth-order valence-corrected chi connectivity index (χ4v) is 2.76. The lowest BCUT2D eigenvalue weighted by Gasteiger charge is -2.36. The van der Waals surface area contributed by atoms with Crippen LogP contribution in [-0.4, -0.2) is 36.0 Å². The van der Waals surface area contributed by atoms with Gasteiger partial charge < -0.3 is 10.2 Å². The molecule has 1 N–H and O–H groups in total. The normalized spacial score (nSPS) is 22.8. The van der Waals surface area contributed by atoms with Crippen LogP contribution in [0.4, 0.5) is 0 Å². The zero-order valence-corrected chi connectivity index (χ0v) is 13.0. The molecule has 2 atom stereocenters. The molecule has 0 bridgehead atoms. The number of benzene rings is 1. The highest BCUT2D eigenvalue weighted by Crippen LogP contribution is 2.18. The van der Waals surface area contributed by atoms with Crippen molar-refractivity contribution in [1.82, 2.24) is 10.2 Å². The van der Waals surface area contributed by atoms with E-state index in [-0.39, 0.29) is 18.3 Å². The second-order valence-electron chi connectivity index (χ2n) is 5.14. The van der Waals surface area contributed by atoms with E-state index in [2.05, 4.69) is 19.2 Å². The molecule has 0 radical (unpaired) electrons. The predicted molar refractivity (Wildman–Crippen MR) is 81.4 cm³/mol. The van der Waals surface area contributed by atoms with E-state index in [4.69, 9.17) is 11.6 Å². The van der Waals surface area contributed by atoms with Crippen LogP contribution in [0.15, 0.2) is 18.2 Å². The minimum absolute atomic E-state index is 0. The number of amides is 1. The van der Waals surface area contributed by atoms with E-state index < -0.39 is 0 Å². The van der Waals surface area contributed by atoms with Gasteiger partial charge in [-0.25, -0.2) is 0 Å². The van der Waals surface area contributed by atoms with Crippen molar-refractivity contribution in [2.24, 2.45) is 0 Å². The van der Waals surface area contributed by atoms with Crippen LogP contribution in [-0.2, 0) is 0 Å². The number of nitrogens with one attached hydrogen (secondary N) is 1. The van der Waals surface area contributed by atoms with E-state index in [1.54, 1.807) is 6.07 Å². The van der Waals surface area contributed by atoms with Gasteiger partial charge in [-0.05, 0) is 44.5 Å². The fraction of sp³-hybridized carbons (Fsp3) is 0.500. The number of hydrogen-bond acceptors (Lipinski definition) is 2. The smallest absolute Gasteiger partial charge is 0.254 e. The lowest BCUT2D eigenvalue weighted by molar-refractivity contribution is 0.0673. The summed E-state index contributed by atoms with van der Waals surface area (Å²) in [6.07, 6.45) is 0. The van der Waals surface area contributed by atoms with Crippen LogP contribution in [0.25, 0.3) is 0 Å². The van der Waals surface area contributed by atoms with Gasteiger partial charge in [0.25, 0.3) is 5.91 Å². The van der Waals surface area contributed by atoms with Crippen LogP contribution >= 0.6 is 24.0 Å². The van der Waals surface area contributed by atoms with E-state index in [0.717, 1.165) is 24.2 Å². The Morgan fingerprint density at radius 2 is 1.89 bits per heavy atom. The van der Waals surface area contributed by atoms with Crippen LogP contribution in [0.1, 0.15) is 29.8 Å². The number of carbonyl (C=O) groups is 1. The molecule has 1 aromatic rings. The van der Waals surface area contributed by atoms with E-state index in [9.17, 15) is 4.79 Å². The number of nitrogens with zero attached hydrogens (tertiary/aromatic N) is 1. The quantitative estimate of drug-likeness (QED) is 0.865. The number of halogens is 2. The fourth-order valence-electron chi connectivity index (χ4n) is 2.53. The van der Waals surface area contributed by atoms with Gasteiger partial charge in [-0.3, -0.25) is 4.79 Å². The third kappa shape index (κ3) is 3.85. The highest BCUT2D eigenvalue weighted by molar-refractivity contribution is 6.30. The number of carbonyl (C=O) groups excluding carboxylic acids is 1. The summed E-state index contributed by atoms with van der Waals surface area (Å²) < 4.78 is 0. The second-order valence-corrected chi connectivity index (χ2v) is 5.57. The van der Waals surface area contributed by atoms with Gasteiger partial charge in [0.15, 0.2) is 0 Å². The molecule has 1 saturated heterocycles. The van der Waals surface area contributed by atoms with Gasteiger partial charge >= 0.3 is 0 Å². The van der Waals surface area contributed by atoms with Crippen LogP contribution in [0, 0.1) is 6.92 Å². The van der Waals surface area contributed by atoms with Crippen molar-refractivity contribution in [3.05, 3.63) is 34.3 Å². The van der Waals surface area contributed by atoms with Crippen molar-refractivity contribution >= 4 is 29.9 Å². The molecule has 2 rings (SSSR count). The summed E-state index contributed by atoms with van der Waals surface area (Å²) in [5.41, 5.74) is 1.69. The molecule has 0 spiro atoms. The summed E-state index contributed by atoms with van der Waals surface area (Å²) in [5, 5.41) is 4.10. The summed E-state index contributed by atoms with van der Waals surface area (Å²) in [6, 6.07) is 6.11. The van der Waals surface area contributed by atoms with Crippen LogP contribution in [0.3, 0.4) is 0 Å². The van der Waals surface area contributed by atoms with E-state index in [1.807, 2.05) is 24.0 Å². The minimum atomic E-state index is 0. The van der Waals surface area contributed by atoms with Gasteiger partial charge in [0, 0.05) is 35.8 Å². The Balaban J connectivity index is 0.00000180. The third-order valence-corrected chi connectivity index (χ3v) is 3.50. The zero-order valence-electron chi connectivity index (χ0n) is 11.4. The molecule has 1 heterocycles. The molecule has 19 heavy (non-hydrogen) atoms. The number of hydrogen-bond donors (Lipinski definition) is 1. The number of piperazine rings is 1. The van der Waals surface area contributed by atoms with Gasteiger partial charge in [-0.2, -0.15) is 0 Å². The standard InChI is InChI=1S/C14H19ClN2O.ClH/c1-9-6-12(15)4-5-13(9)14(18)17-7-10(2)16-11(3)8-17;/h4-6,10-11,16H,7-8H2,1-3H3;1H. The summed E-state index contributed by atoms with van der Waals surface area (Å²) in [4.78, 5) is 14.4. The molecule has 1 amide bonds. The molecule has 2 unspecified atom stereocenters. The van der Waals surface area contributed by atoms with Crippen molar-refractivity contribution in [2.75, 3.05) is 13.1 Å². The Hall–Kier alpha value is -0.770.